The number of hydrogen-bond acceptors (Lipinski definition) is 3. The number of halogens is 1. The van der Waals surface area contributed by atoms with Crippen LogP contribution < -0.4 is 5.32 Å². The van der Waals surface area contributed by atoms with Crippen LogP contribution in [0.2, 0.25) is 0 Å². The van der Waals surface area contributed by atoms with Crippen LogP contribution in [0.25, 0.3) is 0 Å². The largest absolute Gasteiger partial charge is 0.395 e. The topological polar surface area (TPSA) is 35.5 Å². The second kappa shape index (κ2) is 6.80. The molecular formula is C12H25ClN2O. The lowest BCUT2D eigenvalue weighted by Crippen LogP contribution is -2.41. The van der Waals surface area contributed by atoms with E-state index in [0.717, 1.165) is 5.92 Å². The summed E-state index contributed by atoms with van der Waals surface area (Å²) in [6.45, 7) is 7.36. The first kappa shape index (κ1) is 14.2. The van der Waals surface area contributed by atoms with Gasteiger partial charge in [0.25, 0.3) is 0 Å². The molecular weight excluding hydrogens is 224 g/mol. The van der Waals surface area contributed by atoms with E-state index in [1.807, 2.05) is 0 Å². The van der Waals surface area contributed by atoms with E-state index < -0.39 is 0 Å². The average molecular weight is 249 g/mol. The van der Waals surface area contributed by atoms with Crippen molar-refractivity contribution in [1.82, 2.24) is 10.2 Å². The molecule has 2 atom stereocenters. The third-order valence-electron chi connectivity index (χ3n) is 4.14. The summed E-state index contributed by atoms with van der Waals surface area (Å²) in [4.78, 5) is 2.51. The molecule has 2 unspecified atom stereocenters. The van der Waals surface area contributed by atoms with Crippen LogP contribution in [0, 0.1) is 11.8 Å². The first-order valence-corrected chi connectivity index (χ1v) is 6.37. The predicted octanol–water partition coefficient (Wildman–Crippen LogP) is 1.11. The lowest BCUT2D eigenvalue weighted by atomic mass is 9.96. The number of aliphatic hydroxyl groups is 1. The van der Waals surface area contributed by atoms with Crippen molar-refractivity contribution in [3.8, 4) is 0 Å². The first-order valence-electron chi connectivity index (χ1n) is 6.37. The van der Waals surface area contributed by atoms with E-state index in [2.05, 4.69) is 17.1 Å². The fourth-order valence-corrected chi connectivity index (χ4v) is 3.01. The molecule has 2 N–H and O–H groups in total. The third-order valence-corrected chi connectivity index (χ3v) is 4.14. The van der Waals surface area contributed by atoms with Crippen LogP contribution in [0.15, 0.2) is 0 Å². The molecule has 2 rings (SSSR count). The predicted molar refractivity (Wildman–Crippen MR) is 69.1 cm³/mol. The molecule has 2 heterocycles. The Labute approximate surface area is 105 Å². The Kier molecular flexibility index (Phi) is 6.05. The van der Waals surface area contributed by atoms with Gasteiger partial charge in [-0.05, 0) is 50.7 Å². The van der Waals surface area contributed by atoms with E-state index in [-0.39, 0.29) is 12.4 Å². The normalized spacial score (nSPS) is 32.6. The van der Waals surface area contributed by atoms with Gasteiger partial charge in [0, 0.05) is 12.6 Å². The molecule has 0 radical (unpaired) electrons. The third kappa shape index (κ3) is 3.33. The van der Waals surface area contributed by atoms with Crippen molar-refractivity contribution in [2.75, 3.05) is 32.8 Å². The Balaban J connectivity index is 0.00000128. The van der Waals surface area contributed by atoms with Crippen LogP contribution in [0.5, 0.6) is 0 Å². The van der Waals surface area contributed by atoms with Gasteiger partial charge in [0.15, 0.2) is 0 Å². The van der Waals surface area contributed by atoms with Gasteiger partial charge in [-0.25, -0.2) is 0 Å². The lowest BCUT2D eigenvalue weighted by Gasteiger charge is -2.31. The molecule has 4 heteroatoms. The quantitative estimate of drug-likeness (QED) is 0.786. The van der Waals surface area contributed by atoms with E-state index in [1.54, 1.807) is 0 Å². The summed E-state index contributed by atoms with van der Waals surface area (Å²) >= 11 is 0. The van der Waals surface area contributed by atoms with Crippen molar-refractivity contribution in [2.24, 2.45) is 11.8 Å². The van der Waals surface area contributed by atoms with Gasteiger partial charge in [-0.2, -0.15) is 0 Å². The lowest BCUT2D eigenvalue weighted by molar-refractivity contribution is 0.117. The zero-order valence-corrected chi connectivity index (χ0v) is 11.0. The molecule has 0 saturated carbocycles. The molecule has 0 aromatic rings. The summed E-state index contributed by atoms with van der Waals surface area (Å²) < 4.78 is 0. The van der Waals surface area contributed by atoms with Gasteiger partial charge >= 0.3 is 0 Å². The number of rotatable bonds is 3. The van der Waals surface area contributed by atoms with E-state index in [4.69, 9.17) is 0 Å². The van der Waals surface area contributed by atoms with Gasteiger partial charge < -0.3 is 10.4 Å². The molecule has 2 aliphatic rings. The smallest absolute Gasteiger partial charge is 0.0589 e. The Hall–Kier alpha value is 0.170. The fraction of sp³-hybridized carbons (Fsp3) is 1.00. The van der Waals surface area contributed by atoms with Crippen molar-refractivity contribution in [3.63, 3.8) is 0 Å². The minimum atomic E-state index is 0. The van der Waals surface area contributed by atoms with Crippen LogP contribution in [-0.4, -0.2) is 48.8 Å². The molecule has 0 amide bonds. The monoisotopic (exact) mass is 248 g/mol. The van der Waals surface area contributed by atoms with E-state index in [1.165, 1.54) is 45.4 Å². The van der Waals surface area contributed by atoms with Gasteiger partial charge in [-0.3, -0.25) is 4.90 Å². The van der Waals surface area contributed by atoms with Crippen molar-refractivity contribution in [1.29, 1.82) is 0 Å². The number of hydrogen-bond donors (Lipinski definition) is 2. The SMILES string of the molecule is CC1CCN(CC2CCNCC2)C1CO.Cl. The second-order valence-electron chi connectivity index (χ2n) is 5.20. The Morgan fingerprint density at radius 2 is 1.94 bits per heavy atom. The molecule has 0 spiro atoms. The maximum absolute atomic E-state index is 9.38. The van der Waals surface area contributed by atoms with Crippen molar-refractivity contribution < 1.29 is 5.11 Å². The Morgan fingerprint density at radius 3 is 2.56 bits per heavy atom. The van der Waals surface area contributed by atoms with Gasteiger partial charge in [0.05, 0.1) is 6.61 Å². The fourth-order valence-electron chi connectivity index (χ4n) is 3.01. The van der Waals surface area contributed by atoms with Gasteiger partial charge in [0.1, 0.15) is 0 Å². The average Bonchev–Trinajstić information content (AvgIpc) is 2.61. The molecule has 96 valence electrons. The number of likely N-dealkylation sites (tertiary alicyclic amines) is 1. The van der Waals surface area contributed by atoms with E-state index >= 15 is 0 Å². The van der Waals surface area contributed by atoms with Crippen molar-refractivity contribution in [3.05, 3.63) is 0 Å². The second-order valence-corrected chi connectivity index (χ2v) is 5.20. The maximum atomic E-state index is 9.38. The van der Waals surface area contributed by atoms with Crippen LogP contribution in [-0.2, 0) is 0 Å². The van der Waals surface area contributed by atoms with Gasteiger partial charge in [-0.15, -0.1) is 12.4 Å². The molecule has 0 aliphatic carbocycles. The summed E-state index contributed by atoms with van der Waals surface area (Å²) in [5.41, 5.74) is 0. The summed E-state index contributed by atoms with van der Waals surface area (Å²) in [6.07, 6.45) is 3.88. The Bertz CT molecular complexity index is 197. The van der Waals surface area contributed by atoms with Crippen LogP contribution in [0.4, 0.5) is 0 Å². The van der Waals surface area contributed by atoms with Crippen LogP contribution in [0.3, 0.4) is 0 Å². The van der Waals surface area contributed by atoms with Gasteiger partial charge in [0.2, 0.25) is 0 Å². The maximum Gasteiger partial charge on any atom is 0.0589 e. The Morgan fingerprint density at radius 1 is 1.25 bits per heavy atom. The molecule has 2 fully saturated rings. The zero-order chi connectivity index (χ0) is 10.7. The zero-order valence-electron chi connectivity index (χ0n) is 10.2. The standard InChI is InChI=1S/C12H24N2O.ClH/c1-10-4-7-14(12(10)9-15)8-11-2-5-13-6-3-11;/h10-13,15H,2-9H2,1H3;1H. The van der Waals surface area contributed by atoms with Crippen molar-refractivity contribution in [2.45, 2.75) is 32.2 Å². The molecule has 0 bridgehead atoms. The van der Waals surface area contributed by atoms with Crippen LogP contribution in [0.1, 0.15) is 26.2 Å². The van der Waals surface area contributed by atoms with Crippen LogP contribution >= 0.6 is 12.4 Å². The van der Waals surface area contributed by atoms with Crippen molar-refractivity contribution >= 4 is 12.4 Å². The first-order chi connectivity index (χ1) is 7.31. The molecule has 0 aromatic heterocycles. The molecule has 16 heavy (non-hydrogen) atoms. The van der Waals surface area contributed by atoms with Gasteiger partial charge in [-0.1, -0.05) is 6.92 Å². The number of piperidine rings is 1. The number of aliphatic hydroxyl groups excluding tert-OH is 1. The highest BCUT2D eigenvalue weighted by Crippen LogP contribution is 2.26. The molecule has 0 aromatic carbocycles. The minimum absolute atomic E-state index is 0. The highest BCUT2D eigenvalue weighted by Gasteiger charge is 2.31. The number of nitrogens with zero attached hydrogens (tertiary/aromatic N) is 1. The summed E-state index contributed by atoms with van der Waals surface area (Å²) in [5.74, 6) is 1.53. The number of nitrogens with one attached hydrogen (secondary N) is 1. The summed E-state index contributed by atoms with van der Waals surface area (Å²) in [7, 11) is 0. The highest BCUT2D eigenvalue weighted by molar-refractivity contribution is 5.85. The molecule has 2 saturated heterocycles. The highest BCUT2D eigenvalue weighted by atomic mass is 35.5. The summed E-state index contributed by atoms with van der Waals surface area (Å²) in [6, 6.07) is 0.430. The molecule has 2 aliphatic heterocycles. The molecule has 3 nitrogen and oxygen atoms in total. The summed E-state index contributed by atoms with van der Waals surface area (Å²) in [5, 5.41) is 12.8. The minimum Gasteiger partial charge on any atom is -0.395 e. The van der Waals surface area contributed by atoms with E-state index in [9.17, 15) is 5.11 Å². The van der Waals surface area contributed by atoms with E-state index in [0.29, 0.717) is 18.6 Å².